The van der Waals surface area contributed by atoms with E-state index in [1.54, 1.807) is 4.90 Å². The highest BCUT2D eigenvalue weighted by Gasteiger charge is 2.24. The predicted octanol–water partition coefficient (Wildman–Crippen LogP) is 1.45. The van der Waals surface area contributed by atoms with Gasteiger partial charge >= 0.3 is 12.0 Å². The van der Waals surface area contributed by atoms with Crippen molar-refractivity contribution in [2.24, 2.45) is 5.92 Å². The minimum atomic E-state index is -0.944. The Morgan fingerprint density at radius 2 is 1.90 bits per heavy atom. The van der Waals surface area contributed by atoms with Gasteiger partial charge in [0.15, 0.2) is 0 Å². The topological polar surface area (TPSA) is 78.9 Å². The van der Waals surface area contributed by atoms with Crippen LogP contribution in [-0.2, 0) is 9.53 Å². The van der Waals surface area contributed by atoms with Crippen molar-refractivity contribution in [3.05, 3.63) is 0 Å². The van der Waals surface area contributed by atoms with Crippen LogP contribution in [0.25, 0.3) is 0 Å². The fourth-order valence-electron chi connectivity index (χ4n) is 2.52. The van der Waals surface area contributed by atoms with Crippen LogP contribution in [-0.4, -0.2) is 54.4 Å². The van der Waals surface area contributed by atoms with Crippen molar-refractivity contribution in [1.29, 1.82) is 0 Å². The normalized spacial score (nSPS) is 19.9. The molecule has 20 heavy (non-hydrogen) atoms. The standard InChI is InChI=1S/C14H24N2O4/c17-13(18)10-20-12-5-8-16(9-6-12)14(19)15-7-1-2-11-3-4-11/h11-12H,1-10H2,(H,15,19)(H,17,18). The van der Waals surface area contributed by atoms with Gasteiger partial charge in [-0.25, -0.2) is 9.59 Å². The highest BCUT2D eigenvalue weighted by atomic mass is 16.5. The molecule has 0 unspecified atom stereocenters. The highest BCUT2D eigenvalue weighted by Crippen LogP contribution is 2.33. The first-order valence-corrected chi connectivity index (χ1v) is 7.51. The zero-order chi connectivity index (χ0) is 14.4. The number of nitrogens with one attached hydrogen (secondary N) is 1. The summed E-state index contributed by atoms with van der Waals surface area (Å²) in [5.74, 6) is -0.0325. The summed E-state index contributed by atoms with van der Waals surface area (Å²) in [4.78, 5) is 24.1. The van der Waals surface area contributed by atoms with Gasteiger partial charge in [0, 0.05) is 19.6 Å². The highest BCUT2D eigenvalue weighted by molar-refractivity contribution is 5.74. The molecule has 2 N–H and O–H groups in total. The fourth-order valence-corrected chi connectivity index (χ4v) is 2.52. The molecule has 114 valence electrons. The molecule has 1 saturated carbocycles. The van der Waals surface area contributed by atoms with Crippen molar-refractivity contribution in [1.82, 2.24) is 10.2 Å². The largest absolute Gasteiger partial charge is 0.480 e. The molecule has 0 radical (unpaired) electrons. The minimum Gasteiger partial charge on any atom is -0.480 e. The zero-order valence-corrected chi connectivity index (χ0v) is 11.8. The van der Waals surface area contributed by atoms with Crippen LogP contribution in [0.2, 0.25) is 0 Å². The number of likely N-dealkylation sites (tertiary alicyclic amines) is 1. The summed E-state index contributed by atoms with van der Waals surface area (Å²) >= 11 is 0. The third kappa shape index (κ3) is 5.36. The number of aliphatic carboxylic acids is 1. The molecular formula is C14H24N2O4. The maximum absolute atomic E-state index is 11.9. The van der Waals surface area contributed by atoms with Crippen molar-refractivity contribution in [3.8, 4) is 0 Å². The number of carboxylic acid groups (broad SMARTS) is 1. The molecule has 0 aromatic heterocycles. The van der Waals surface area contributed by atoms with E-state index < -0.39 is 5.97 Å². The molecule has 2 aliphatic rings. The Morgan fingerprint density at radius 1 is 1.20 bits per heavy atom. The molecule has 1 heterocycles. The molecular weight excluding hydrogens is 260 g/mol. The molecule has 1 saturated heterocycles. The molecule has 0 spiro atoms. The van der Waals surface area contributed by atoms with E-state index in [2.05, 4.69) is 5.32 Å². The van der Waals surface area contributed by atoms with Crippen LogP contribution in [0.4, 0.5) is 4.79 Å². The lowest BCUT2D eigenvalue weighted by Gasteiger charge is -2.31. The SMILES string of the molecule is O=C(O)COC1CCN(C(=O)NCCCC2CC2)CC1. The first kappa shape index (κ1) is 15.1. The van der Waals surface area contributed by atoms with Crippen molar-refractivity contribution >= 4 is 12.0 Å². The van der Waals surface area contributed by atoms with E-state index in [0.29, 0.717) is 25.9 Å². The predicted molar refractivity (Wildman–Crippen MR) is 73.5 cm³/mol. The third-order valence-corrected chi connectivity index (χ3v) is 3.93. The van der Waals surface area contributed by atoms with Gasteiger partial charge < -0.3 is 20.1 Å². The van der Waals surface area contributed by atoms with Gasteiger partial charge in [-0.05, 0) is 31.6 Å². The van der Waals surface area contributed by atoms with Gasteiger partial charge in [0.05, 0.1) is 6.10 Å². The smallest absolute Gasteiger partial charge is 0.329 e. The first-order chi connectivity index (χ1) is 9.65. The van der Waals surface area contributed by atoms with Gasteiger partial charge in [-0.3, -0.25) is 0 Å². The van der Waals surface area contributed by atoms with Crippen LogP contribution in [0, 0.1) is 5.92 Å². The summed E-state index contributed by atoms with van der Waals surface area (Å²) in [5.41, 5.74) is 0. The van der Waals surface area contributed by atoms with Gasteiger partial charge in [0.1, 0.15) is 6.61 Å². The van der Waals surface area contributed by atoms with Gasteiger partial charge in [0.2, 0.25) is 0 Å². The van der Waals surface area contributed by atoms with Crippen LogP contribution in [0.15, 0.2) is 0 Å². The molecule has 1 aliphatic heterocycles. The van der Waals surface area contributed by atoms with E-state index in [1.807, 2.05) is 0 Å². The summed E-state index contributed by atoms with van der Waals surface area (Å²) in [5, 5.41) is 11.5. The number of urea groups is 1. The Bertz CT molecular complexity index is 336. The van der Waals surface area contributed by atoms with Crippen LogP contribution in [0.3, 0.4) is 0 Å². The van der Waals surface area contributed by atoms with Crippen molar-refractivity contribution in [2.45, 2.75) is 44.6 Å². The number of hydrogen-bond acceptors (Lipinski definition) is 3. The van der Waals surface area contributed by atoms with Gasteiger partial charge in [-0.1, -0.05) is 12.8 Å². The number of carbonyl (C=O) groups is 2. The molecule has 2 rings (SSSR count). The van der Waals surface area contributed by atoms with Crippen LogP contribution < -0.4 is 5.32 Å². The number of nitrogens with zero attached hydrogens (tertiary/aromatic N) is 1. The van der Waals surface area contributed by atoms with Crippen molar-refractivity contribution < 1.29 is 19.4 Å². The summed E-state index contributed by atoms with van der Waals surface area (Å²) in [6.07, 6.45) is 6.39. The molecule has 0 bridgehead atoms. The summed E-state index contributed by atoms with van der Waals surface area (Å²) < 4.78 is 5.25. The Kier molecular flexibility index (Phi) is 5.64. The lowest BCUT2D eigenvalue weighted by Crippen LogP contribution is -2.46. The third-order valence-electron chi connectivity index (χ3n) is 3.93. The number of hydrogen-bond donors (Lipinski definition) is 2. The average Bonchev–Trinajstić information content (AvgIpc) is 3.26. The number of carbonyl (C=O) groups excluding carboxylic acids is 1. The number of carboxylic acids is 1. The molecule has 6 nitrogen and oxygen atoms in total. The second-order valence-electron chi connectivity index (χ2n) is 5.71. The maximum Gasteiger partial charge on any atom is 0.329 e. The number of amides is 2. The quantitative estimate of drug-likeness (QED) is 0.694. The van der Waals surface area contributed by atoms with E-state index in [1.165, 1.54) is 19.3 Å². The van der Waals surface area contributed by atoms with E-state index >= 15 is 0 Å². The number of ether oxygens (including phenoxy) is 1. The molecule has 1 aliphatic carbocycles. The van der Waals surface area contributed by atoms with Gasteiger partial charge in [-0.15, -0.1) is 0 Å². The molecule has 0 aromatic carbocycles. The van der Waals surface area contributed by atoms with Crippen molar-refractivity contribution in [3.63, 3.8) is 0 Å². The maximum atomic E-state index is 11.9. The number of piperidine rings is 1. The lowest BCUT2D eigenvalue weighted by molar-refractivity contribution is -0.145. The summed E-state index contributed by atoms with van der Waals surface area (Å²) in [7, 11) is 0. The van der Waals surface area contributed by atoms with Crippen LogP contribution in [0.1, 0.15) is 38.5 Å². The second-order valence-corrected chi connectivity index (χ2v) is 5.71. The van der Waals surface area contributed by atoms with E-state index in [-0.39, 0.29) is 18.7 Å². The Balaban J connectivity index is 1.54. The molecule has 2 fully saturated rings. The van der Waals surface area contributed by atoms with Crippen molar-refractivity contribution in [2.75, 3.05) is 26.2 Å². The average molecular weight is 284 g/mol. The molecule has 0 aromatic rings. The Labute approximate surface area is 119 Å². The fraction of sp³-hybridized carbons (Fsp3) is 0.857. The number of rotatable bonds is 7. The van der Waals surface area contributed by atoms with Crippen LogP contribution in [0.5, 0.6) is 0 Å². The van der Waals surface area contributed by atoms with Gasteiger partial charge in [-0.2, -0.15) is 0 Å². The molecule has 2 amide bonds. The van der Waals surface area contributed by atoms with Gasteiger partial charge in [0.25, 0.3) is 0 Å². The molecule has 0 atom stereocenters. The van der Waals surface area contributed by atoms with Crippen LogP contribution >= 0.6 is 0 Å². The zero-order valence-electron chi connectivity index (χ0n) is 11.8. The summed E-state index contributed by atoms with van der Waals surface area (Å²) in [6, 6.07) is -0.00233. The van der Waals surface area contributed by atoms with E-state index in [4.69, 9.17) is 9.84 Å². The lowest BCUT2D eigenvalue weighted by atomic mass is 10.1. The Hall–Kier alpha value is -1.30. The monoisotopic (exact) mass is 284 g/mol. The first-order valence-electron chi connectivity index (χ1n) is 7.51. The molecule has 6 heteroatoms. The second kappa shape index (κ2) is 7.47. The van der Waals surface area contributed by atoms with E-state index in [9.17, 15) is 9.59 Å². The van der Waals surface area contributed by atoms with E-state index in [0.717, 1.165) is 18.9 Å². The summed E-state index contributed by atoms with van der Waals surface area (Å²) in [6.45, 7) is 1.78. The Morgan fingerprint density at radius 3 is 2.50 bits per heavy atom. The minimum absolute atomic E-state index is 0.00233.